The Labute approximate surface area is 108 Å². The van der Waals surface area contributed by atoms with Crippen molar-refractivity contribution in [2.75, 3.05) is 13.1 Å². The summed E-state index contributed by atoms with van der Waals surface area (Å²) in [5, 5.41) is 0. The lowest BCUT2D eigenvalue weighted by molar-refractivity contribution is -0.122. The van der Waals surface area contributed by atoms with Crippen LogP contribution in [0.3, 0.4) is 0 Å². The summed E-state index contributed by atoms with van der Waals surface area (Å²) in [4.78, 5) is 24.8. The Hall–Kier alpha value is -1.30. The predicted molar refractivity (Wildman–Crippen MR) is 67.5 cm³/mol. The number of hydrogen-bond acceptors (Lipinski definition) is 4. The van der Waals surface area contributed by atoms with E-state index < -0.39 is 5.60 Å². The van der Waals surface area contributed by atoms with Crippen LogP contribution >= 0.6 is 0 Å². The average Bonchev–Trinajstić information content (AvgIpc) is 2.27. The minimum Gasteiger partial charge on any atom is -0.444 e. The van der Waals surface area contributed by atoms with Crippen molar-refractivity contribution in [2.45, 2.75) is 45.6 Å². The Kier molecular flexibility index (Phi) is 4.95. The molecule has 2 amide bonds. The Balaban J connectivity index is 2.48. The molecule has 18 heavy (non-hydrogen) atoms. The molecule has 1 rings (SSSR count). The van der Waals surface area contributed by atoms with Gasteiger partial charge in [-0.2, -0.15) is 0 Å². The number of carbonyl (C=O) groups excluding carboxylic acids is 2. The molecule has 0 aromatic carbocycles. The molecule has 1 atom stereocenters. The minimum absolute atomic E-state index is 0.162. The van der Waals surface area contributed by atoms with Crippen molar-refractivity contribution in [1.29, 1.82) is 0 Å². The molecular weight excluding hydrogens is 234 g/mol. The van der Waals surface area contributed by atoms with Gasteiger partial charge in [-0.05, 0) is 39.5 Å². The Morgan fingerprint density at radius 1 is 1.44 bits per heavy atom. The first-order chi connectivity index (χ1) is 8.31. The number of carbonyl (C=O) groups is 2. The Bertz CT molecular complexity index is 312. The van der Waals surface area contributed by atoms with Gasteiger partial charge in [-0.3, -0.25) is 10.2 Å². The van der Waals surface area contributed by atoms with Crippen LogP contribution in [0.25, 0.3) is 0 Å². The highest BCUT2D eigenvalue weighted by Gasteiger charge is 2.28. The van der Waals surface area contributed by atoms with Crippen LogP contribution in [0, 0.1) is 5.92 Å². The van der Waals surface area contributed by atoms with Gasteiger partial charge in [-0.15, -0.1) is 0 Å². The third kappa shape index (κ3) is 4.91. The van der Waals surface area contributed by atoms with E-state index in [1.54, 1.807) is 4.90 Å². The number of nitrogens with one attached hydrogen (secondary N) is 1. The summed E-state index contributed by atoms with van der Waals surface area (Å²) in [6.45, 7) is 6.77. The zero-order valence-corrected chi connectivity index (χ0v) is 11.4. The number of amides is 2. The van der Waals surface area contributed by atoms with Gasteiger partial charge in [0.15, 0.2) is 0 Å². The van der Waals surface area contributed by atoms with Crippen LogP contribution in [0.5, 0.6) is 0 Å². The van der Waals surface area contributed by atoms with Gasteiger partial charge in [0.1, 0.15) is 5.60 Å². The molecule has 1 saturated heterocycles. The van der Waals surface area contributed by atoms with Crippen molar-refractivity contribution in [1.82, 2.24) is 10.3 Å². The van der Waals surface area contributed by atoms with Gasteiger partial charge in [0.25, 0.3) is 0 Å². The van der Waals surface area contributed by atoms with Crippen molar-refractivity contribution < 1.29 is 14.3 Å². The first kappa shape index (κ1) is 14.8. The molecule has 0 spiro atoms. The number of hydrogen-bond donors (Lipinski definition) is 2. The molecule has 104 valence electrons. The molecule has 0 aliphatic carbocycles. The molecule has 0 bridgehead atoms. The topological polar surface area (TPSA) is 84.7 Å². The fourth-order valence-corrected chi connectivity index (χ4v) is 2.05. The highest BCUT2D eigenvalue weighted by atomic mass is 16.6. The Morgan fingerprint density at radius 3 is 2.67 bits per heavy atom. The van der Waals surface area contributed by atoms with E-state index in [1.165, 1.54) is 0 Å². The van der Waals surface area contributed by atoms with E-state index in [-0.39, 0.29) is 17.9 Å². The molecular formula is C12H23N3O3. The van der Waals surface area contributed by atoms with Crippen molar-refractivity contribution in [2.24, 2.45) is 11.8 Å². The summed E-state index contributed by atoms with van der Waals surface area (Å²) in [6.07, 6.45) is 1.88. The summed E-state index contributed by atoms with van der Waals surface area (Å²) >= 11 is 0. The second kappa shape index (κ2) is 6.04. The van der Waals surface area contributed by atoms with Crippen LogP contribution in [0.2, 0.25) is 0 Å². The fraction of sp³-hybridized carbons (Fsp3) is 0.833. The molecule has 0 saturated carbocycles. The lowest BCUT2D eigenvalue weighted by atomic mass is 9.95. The molecule has 1 heterocycles. The van der Waals surface area contributed by atoms with Crippen molar-refractivity contribution in [3.63, 3.8) is 0 Å². The zero-order valence-electron chi connectivity index (χ0n) is 11.4. The van der Waals surface area contributed by atoms with E-state index in [0.717, 1.165) is 12.8 Å². The number of nitrogens with two attached hydrogens (primary N) is 1. The molecule has 0 unspecified atom stereocenters. The van der Waals surface area contributed by atoms with Gasteiger partial charge >= 0.3 is 6.09 Å². The second-order valence-corrected chi connectivity index (χ2v) is 5.71. The number of piperidine rings is 1. The number of hydrazine groups is 1. The number of rotatable bonds is 2. The molecule has 0 radical (unpaired) electrons. The SMILES string of the molecule is CC(C)(C)OC(=O)N1CCC[C@@H](CC(=O)NN)C1. The third-order valence-corrected chi connectivity index (χ3v) is 2.81. The van der Waals surface area contributed by atoms with Crippen LogP contribution in [0.4, 0.5) is 4.79 Å². The normalized spacial score (nSPS) is 20.4. The number of nitrogens with zero attached hydrogens (tertiary/aromatic N) is 1. The van der Waals surface area contributed by atoms with Crippen LogP contribution in [0.1, 0.15) is 40.0 Å². The fourth-order valence-electron chi connectivity index (χ4n) is 2.05. The number of likely N-dealkylation sites (tertiary alicyclic amines) is 1. The van der Waals surface area contributed by atoms with Gasteiger partial charge < -0.3 is 9.64 Å². The zero-order chi connectivity index (χ0) is 13.8. The van der Waals surface area contributed by atoms with E-state index in [4.69, 9.17) is 10.6 Å². The van der Waals surface area contributed by atoms with Gasteiger partial charge in [0.05, 0.1) is 0 Å². The monoisotopic (exact) mass is 257 g/mol. The molecule has 6 heteroatoms. The van der Waals surface area contributed by atoms with E-state index in [9.17, 15) is 9.59 Å². The largest absolute Gasteiger partial charge is 0.444 e. The average molecular weight is 257 g/mol. The third-order valence-electron chi connectivity index (χ3n) is 2.81. The van der Waals surface area contributed by atoms with E-state index in [1.807, 2.05) is 20.8 Å². The molecule has 1 fully saturated rings. The van der Waals surface area contributed by atoms with Crippen LogP contribution in [-0.4, -0.2) is 35.6 Å². The second-order valence-electron chi connectivity index (χ2n) is 5.71. The van der Waals surface area contributed by atoms with Crippen LogP contribution in [0.15, 0.2) is 0 Å². The highest BCUT2D eigenvalue weighted by molar-refractivity contribution is 5.75. The maximum absolute atomic E-state index is 11.9. The summed E-state index contributed by atoms with van der Waals surface area (Å²) in [6, 6.07) is 0. The summed E-state index contributed by atoms with van der Waals surface area (Å²) in [5.74, 6) is 5.04. The maximum Gasteiger partial charge on any atom is 0.410 e. The Morgan fingerprint density at radius 2 is 2.11 bits per heavy atom. The summed E-state index contributed by atoms with van der Waals surface area (Å²) in [5.41, 5.74) is 1.63. The molecule has 1 aliphatic rings. The first-order valence-electron chi connectivity index (χ1n) is 6.29. The number of ether oxygens (including phenoxy) is 1. The summed E-state index contributed by atoms with van der Waals surface area (Å²) in [7, 11) is 0. The first-order valence-corrected chi connectivity index (χ1v) is 6.29. The van der Waals surface area contributed by atoms with Crippen molar-refractivity contribution in [3.8, 4) is 0 Å². The van der Waals surface area contributed by atoms with Crippen molar-refractivity contribution >= 4 is 12.0 Å². The molecule has 0 aromatic rings. The minimum atomic E-state index is -0.487. The molecule has 1 aliphatic heterocycles. The standard InChI is InChI=1S/C12H23N3O3/c1-12(2,3)18-11(17)15-6-4-5-9(8-15)7-10(16)14-13/h9H,4-8,13H2,1-3H3,(H,14,16)/t9-/m0/s1. The smallest absolute Gasteiger partial charge is 0.410 e. The lowest BCUT2D eigenvalue weighted by Gasteiger charge is -2.33. The van der Waals surface area contributed by atoms with E-state index in [0.29, 0.717) is 19.5 Å². The molecule has 6 nitrogen and oxygen atoms in total. The van der Waals surface area contributed by atoms with Crippen LogP contribution in [-0.2, 0) is 9.53 Å². The maximum atomic E-state index is 11.9. The van der Waals surface area contributed by atoms with Gasteiger partial charge in [-0.25, -0.2) is 10.6 Å². The molecule has 3 N–H and O–H groups in total. The van der Waals surface area contributed by atoms with Crippen molar-refractivity contribution in [3.05, 3.63) is 0 Å². The van der Waals surface area contributed by atoms with Gasteiger partial charge in [-0.1, -0.05) is 0 Å². The van der Waals surface area contributed by atoms with E-state index >= 15 is 0 Å². The van der Waals surface area contributed by atoms with E-state index in [2.05, 4.69) is 5.43 Å². The highest BCUT2D eigenvalue weighted by Crippen LogP contribution is 2.21. The molecule has 0 aromatic heterocycles. The summed E-state index contributed by atoms with van der Waals surface area (Å²) < 4.78 is 5.32. The quantitative estimate of drug-likeness (QED) is 0.439. The van der Waals surface area contributed by atoms with Gasteiger partial charge in [0, 0.05) is 19.5 Å². The van der Waals surface area contributed by atoms with Gasteiger partial charge in [0.2, 0.25) is 5.91 Å². The van der Waals surface area contributed by atoms with Crippen LogP contribution < -0.4 is 11.3 Å². The lowest BCUT2D eigenvalue weighted by Crippen LogP contribution is -2.44. The predicted octanol–water partition coefficient (Wildman–Crippen LogP) is 1.01.